The number of aromatic nitrogens is 2. The highest BCUT2D eigenvalue weighted by Crippen LogP contribution is 2.15. The fraction of sp³-hybridized carbons (Fsp3) is 0.357. The number of benzene rings is 1. The van der Waals surface area contributed by atoms with Crippen LogP contribution < -0.4 is 5.32 Å². The Labute approximate surface area is 122 Å². The van der Waals surface area contributed by atoms with E-state index in [4.69, 9.17) is 4.42 Å². The summed E-state index contributed by atoms with van der Waals surface area (Å²) in [5, 5.41) is 11.0. The summed E-state index contributed by atoms with van der Waals surface area (Å²) in [5.41, 5.74) is 1.21. The molecule has 0 radical (unpaired) electrons. The second-order valence-electron chi connectivity index (χ2n) is 4.19. The zero-order chi connectivity index (χ0) is 14.2. The maximum Gasteiger partial charge on any atom is 0.277 e. The van der Waals surface area contributed by atoms with Crippen molar-refractivity contribution >= 4 is 17.7 Å². The van der Waals surface area contributed by atoms with Crippen LogP contribution in [0.1, 0.15) is 18.4 Å². The van der Waals surface area contributed by atoms with Gasteiger partial charge in [0.05, 0.1) is 5.75 Å². The third-order valence-corrected chi connectivity index (χ3v) is 3.47. The first-order valence-corrected chi connectivity index (χ1v) is 7.52. The SMILES string of the molecule is CCc1nnc(SCC(=O)NCCc2ccccc2)o1. The number of aryl methyl sites for hydroxylation is 1. The van der Waals surface area contributed by atoms with Crippen LogP contribution in [0.2, 0.25) is 0 Å². The van der Waals surface area contributed by atoms with Gasteiger partial charge < -0.3 is 9.73 Å². The van der Waals surface area contributed by atoms with Gasteiger partial charge in [0.15, 0.2) is 0 Å². The standard InChI is InChI=1S/C14H17N3O2S/c1-2-13-16-17-14(19-13)20-10-12(18)15-9-8-11-6-4-3-5-7-11/h3-7H,2,8-10H2,1H3,(H,15,18). The van der Waals surface area contributed by atoms with Crippen LogP contribution in [0.4, 0.5) is 0 Å². The van der Waals surface area contributed by atoms with Crippen LogP contribution in [0.3, 0.4) is 0 Å². The molecule has 0 aliphatic heterocycles. The summed E-state index contributed by atoms with van der Waals surface area (Å²) in [4.78, 5) is 11.7. The second kappa shape index (κ2) is 7.69. The van der Waals surface area contributed by atoms with Crippen molar-refractivity contribution < 1.29 is 9.21 Å². The third-order valence-electron chi connectivity index (χ3n) is 2.66. The van der Waals surface area contributed by atoms with Gasteiger partial charge in [0.1, 0.15) is 0 Å². The molecular formula is C14H17N3O2S. The van der Waals surface area contributed by atoms with Gasteiger partial charge in [-0.3, -0.25) is 4.79 Å². The van der Waals surface area contributed by atoms with Gasteiger partial charge in [-0.05, 0) is 12.0 Å². The van der Waals surface area contributed by atoms with Crippen molar-refractivity contribution in [2.45, 2.75) is 25.0 Å². The predicted octanol–water partition coefficient (Wildman–Crippen LogP) is 2.08. The third kappa shape index (κ3) is 4.70. The predicted molar refractivity (Wildman–Crippen MR) is 77.6 cm³/mol. The van der Waals surface area contributed by atoms with Gasteiger partial charge in [0, 0.05) is 13.0 Å². The molecule has 6 heteroatoms. The average Bonchev–Trinajstić information content (AvgIpc) is 2.94. The topological polar surface area (TPSA) is 68.0 Å². The summed E-state index contributed by atoms with van der Waals surface area (Å²) in [6, 6.07) is 10.1. The van der Waals surface area contributed by atoms with Gasteiger partial charge in [-0.1, -0.05) is 49.0 Å². The van der Waals surface area contributed by atoms with Crippen LogP contribution in [-0.2, 0) is 17.6 Å². The summed E-state index contributed by atoms with van der Waals surface area (Å²) in [6.45, 7) is 2.58. The van der Waals surface area contributed by atoms with Crippen LogP contribution in [0.25, 0.3) is 0 Å². The summed E-state index contributed by atoms with van der Waals surface area (Å²) in [7, 11) is 0. The van der Waals surface area contributed by atoms with Crippen LogP contribution in [0.5, 0.6) is 0 Å². The Kier molecular flexibility index (Phi) is 5.61. The molecule has 2 rings (SSSR count). The van der Waals surface area contributed by atoms with E-state index in [1.165, 1.54) is 17.3 Å². The monoisotopic (exact) mass is 291 g/mol. The molecule has 0 aliphatic carbocycles. The molecule has 0 saturated carbocycles. The molecule has 2 aromatic rings. The van der Waals surface area contributed by atoms with Gasteiger partial charge in [-0.25, -0.2) is 0 Å². The van der Waals surface area contributed by atoms with Crippen molar-refractivity contribution in [2.75, 3.05) is 12.3 Å². The highest BCUT2D eigenvalue weighted by molar-refractivity contribution is 7.99. The molecule has 0 saturated heterocycles. The van der Waals surface area contributed by atoms with Crippen molar-refractivity contribution in [3.63, 3.8) is 0 Å². The van der Waals surface area contributed by atoms with E-state index in [9.17, 15) is 4.79 Å². The molecule has 0 bridgehead atoms. The molecule has 0 aliphatic rings. The molecule has 1 amide bonds. The molecule has 20 heavy (non-hydrogen) atoms. The number of hydrogen-bond acceptors (Lipinski definition) is 5. The normalized spacial score (nSPS) is 10.4. The number of carbonyl (C=O) groups is 1. The van der Waals surface area contributed by atoms with Crippen molar-refractivity contribution in [2.24, 2.45) is 0 Å². The van der Waals surface area contributed by atoms with E-state index in [2.05, 4.69) is 15.5 Å². The van der Waals surface area contributed by atoms with E-state index in [1.807, 2.05) is 37.3 Å². The largest absolute Gasteiger partial charge is 0.416 e. The van der Waals surface area contributed by atoms with Gasteiger partial charge in [-0.15, -0.1) is 10.2 Å². The molecule has 1 heterocycles. The molecule has 0 atom stereocenters. The molecule has 1 aromatic carbocycles. The minimum absolute atomic E-state index is 0.0258. The van der Waals surface area contributed by atoms with Crippen LogP contribution >= 0.6 is 11.8 Å². The van der Waals surface area contributed by atoms with E-state index < -0.39 is 0 Å². The van der Waals surface area contributed by atoms with Gasteiger partial charge in [0.25, 0.3) is 5.22 Å². The van der Waals surface area contributed by atoms with E-state index in [-0.39, 0.29) is 5.91 Å². The number of amides is 1. The van der Waals surface area contributed by atoms with E-state index in [1.54, 1.807) is 0 Å². The van der Waals surface area contributed by atoms with Crippen molar-refractivity contribution in [3.8, 4) is 0 Å². The lowest BCUT2D eigenvalue weighted by Gasteiger charge is -2.04. The van der Waals surface area contributed by atoms with E-state index >= 15 is 0 Å². The number of rotatable bonds is 7. The molecule has 0 fully saturated rings. The Hall–Kier alpha value is -1.82. The number of thioether (sulfide) groups is 1. The highest BCUT2D eigenvalue weighted by atomic mass is 32.2. The van der Waals surface area contributed by atoms with Crippen molar-refractivity contribution in [3.05, 3.63) is 41.8 Å². The fourth-order valence-electron chi connectivity index (χ4n) is 1.61. The molecular weight excluding hydrogens is 274 g/mol. The first-order valence-electron chi connectivity index (χ1n) is 6.53. The zero-order valence-corrected chi connectivity index (χ0v) is 12.2. The average molecular weight is 291 g/mol. The minimum atomic E-state index is -0.0258. The lowest BCUT2D eigenvalue weighted by Crippen LogP contribution is -2.27. The Morgan fingerprint density at radius 2 is 2.10 bits per heavy atom. The lowest BCUT2D eigenvalue weighted by atomic mass is 10.1. The van der Waals surface area contributed by atoms with Crippen molar-refractivity contribution in [1.82, 2.24) is 15.5 Å². The number of nitrogens with zero attached hydrogens (tertiary/aromatic N) is 2. The number of hydrogen-bond donors (Lipinski definition) is 1. The first kappa shape index (κ1) is 14.6. The summed E-state index contributed by atoms with van der Waals surface area (Å²) in [5.74, 6) is 0.860. The van der Waals surface area contributed by atoms with Crippen LogP contribution in [-0.4, -0.2) is 28.4 Å². The number of carbonyl (C=O) groups excluding carboxylic acids is 1. The van der Waals surface area contributed by atoms with E-state index in [0.717, 1.165) is 6.42 Å². The Balaban J connectivity index is 1.65. The molecule has 0 spiro atoms. The zero-order valence-electron chi connectivity index (χ0n) is 11.3. The maximum absolute atomic E-state index is 11.7. The Bertz CT molecular complexity index is 542. The lowest BCUT2D eigenvalue weighted by molar-refractivity contribution is -0.118. The second-order valence-corrected chi connectivity index (χ2v) is 5.12. The maximum atomic E-state index is 11.7. The van der Waals surface area contributed by atoms with Gasteiger partial charge in [0.2, 0.25) is 11.8 Å². The quantitative estimate of drug-likeness (QED) is 0.791. The Morgan fingerprint density at radius 1 is 1.30 bits per heavy atom. The minimum Gasteiger partial charge on any atom is -0.416 e. The van der Waals surface area contributed by atoms with Gasteiger partial charge in [-0.2, -0.15) is 0 Å². The van der Waals surface area contributed by atoms with Crippen molar-refractivity contribution in [1.29, 1.82) is 0 Å². The van der Waals surface area contributed by atoms with E-state index in [0.29, 0.717) is 29.8 Å². The summed E-state index contributed by atoms with van der Waals surface area (Å²) in [6.07, 6.45) is 1.54. The first-order chi connectivity index (χ1) is 9.78. The fourth-order valence-corrected chi connectivity index (χ4v) is 2.22. The van der Waals surface area contributed by atoms with Crippen LogP contribution in [0.15, 0.2) is 40.0 Å². The van der Waals surface area contributed by atoms with Crippen LogP contribution in [0, 0.1) is 0 Å². The molecule has 106 valence electrons. The molecule has 5 nitrogen and oxygen atoms in total. The molecule has 1 N–H and O–H groups in total. The molecule has 0 unspecified atom stereocenters. The smallest absolute Gasteiger partial charge is 0.277 e. The summed E-state index contributed by atoms with van der Waals surface area (Å²) < 4.78 is 5.32. The Morgan fingerprint density at radius 3 is 2.80 bits per heavy atom. The van der Waals surface area contributed by atoms with Gasteiger partial charge >= 0.3 is 0 Å². The highest BCUT2D eigenvalue weighted by Gasteiger charge is 2.08. The molecule has 1 aromatic heterocycles. The summed E-state index contributed by atoms with van der Waals surface area (Å²) >= 11 is 1.26. The number of nitrogens with one attached hydrogen (secondary N) is 1.